The molecule has 0 spiro atoms. The van der Waals surface area contributed by atoms with Crippen molar-refractivity contribution < 1.29 is 9.59 Å². The SMILES string of the molecule is CCC(C)[C@H](N)C(=O)NCC(=O)NC(C)(C)C. The molecule has 0 aliphatic rings. The minimum Gasteiger partial charge on any atom is -0.350 e. The smallest absolute Gasteiger partial charge is 0.239 e. The third-order valence-corrected chi connectivity index (χ3v) is 2.50. The molecule has 0 aliphatic carbocycles. The molecule has 0 saturated carbocycles. The Kier molecular flexibility index (Phi) is 6.16. The van der Waals surface area contributed by atoms with Crippen molar-refractivity contribution >= 4 is 11.8 Å². The van der Waals surface area contributed by atoms with Crippen LogP contribution in [-0.4, -0.2) is 29.9 Å². The molecule has 5 nitrogen and oxygen atoms in total. The Bertz CT molecular complexity index is 271. The molecule has 0 fully saturated rings. The van der Waals surface area contributed by atoms with Gasteiger partial charge in [0.15, 0.2) is 0 Å². The molecular formula is C12H25N3O2. The summed E-state index contributed by atoms with van der Waals surface area (Å²) in [7, 11) is 0. The number of rotatable bonds is 5. The summed E-state index contributed by atoms with van der Waals surface area (Å²) in [5, 5.41) is 5.31. The maximum Gasteiger partial charge on any atom is 0.239 e. The molecule has 2 amide bonds. The van der Waals surface area contributed by atoms with Gasteiger partial charge in [-0.15, -0.1) is 0 Å². The highest BCUT2D eigenvalue weighted by atomic mass is 16.2. The third kappa shape index (κ3) is 6.94. The van der Waals surface area contributed by atoms with Crippen molar-refractivity contribution in [2.45, 2.75) is 52.6 Å². The molecule has 2 atom stereocenters. The minimum atomic E-state index is -0.553. The number of hydrogen-bond acceptors (Lipinski definition) is 3. The molecule has 0 bridgehead atoms. The Morgan fingerprint density at radius 1 is 1.29 bits per heavy atom. The maximum absolute atomic E-state index is 11.6. The summed E-state index contributed by atoms with van der Waals surface area (Å²) in [6.45, 7) is 9.52. The van der Waals surface area contributed by atoms with Crippen LogP contribution in [0.25, 0.3) is 0 Å². The van der Waals surface area contributed by atoms with Crippen molar-refractivity contribution in [3.05, 3.63) is 0 Å². The lowest BCUT2D eigenvalue weighted by atomic mass is 9.99. The predicted molar refractivity (Wildman–Crippen MR) is 68.3 cm³/mol. The van der Waals surface area contributed by atoms with E-state index in [2.05, 4.69) is 10.6 Å². The topological polar surface area (TPSA) is 84.2 Å². The number of nitrogens with two attached hydrogens (primary N) is 1. The highest BCUT2D eigenvalue weighted by molar-refractivity contribution is 5.87. The van der Waals surface area contributed by atoms with Gasteiger partial charge >= 0.3 is 0 Å². The van der Waals surface area contributed by atoms with Crippen molar-refractivity contribution in [3.63, 3.8) is 0 Å². The third-order valence-electron chi connectivity index (χ3n) is 2.50. The van der Waals surface area contributed by atoms with Gasteiger partial charge in [-0.1, -0.05) is 20.3 Å². The molecule has 17 heavy (non-hydrogen) atoms. The molecular weight excluding hydrogens is 218 g/mol. The van der Waals surface area contributed by atoms with E-state index in [4.69, 9.17) is 5.73 Å². The average Bonchev–Trinajstić information content (AvgIpc) is 2.21. The van der Waals surface area contributed by atoms with E-state index >= 15 is 0 Å². The molecule has 0 aliphatic heterocycles. The lowest BCUT2D eigenvalue weighted by Gasteiger charge is -2.21. The van der Waals surface area contributed by atoms with Crippen molar-refractivity contribution in [3.8, 4) is 0 Å². The standard InChI is InChI=1S/C12H25N3O2/c1-6-8(2)10(13)11(17)14-7-9(16)15-12(3,4)5/h8,10H,6-7,13H2,1-5H3,(H,14,17)(H,15,16)/t8?,10-/m0/s1. The van der Waals surface area contributed by atoms with Gasteiger partial charge in [0, 0.05) is 5.54 Å². The second kappa shape index (κ2) is 6.59. The lowest BCUT2D eigenvalue weighted by Crippen LogP contribution is -2.50. The average molecular weight is 243 g/mol. The molecule has 1 unspecified atom stereocenters. The van der Waals surface area contributed by atoms with Gasteiger partial charge in [0.05, 0.1) is 12.6 Å². The number of amides is 2. The summed E-state index contributed by atoms with van der Waals surface area (Å²) < 4.78 is 0. The van der Waals surface area contributed by atoms with E-state index in [0.29, 0.717) is 0 Å². The fourth-order valence-electron chi connectivity index (χ4n) is 1.26. The Labute approximate surface area is 104 Å². The Morgan fingerprint density at radius 3 is 2.24 bits per heavy atom. The van der Waals surface area contributed by atoms with Crippen molar-refractivity contribution in [2.24, 2.45) is 11.7 Å². The Balaban J connectivity index is 4.04. The number of hydrogen-bond donors (Lipinski definition) is 3. The lowest BCUT2D eigenvalue weighted by molar-refractivity contribution is -0.128. The van der Waals surface area contributed by atoms with Gasteiger partial charge in [-0.3, -0.25) is 9.59 Å². The summed E-state index contributed by atoms with van der Waals surface area (Å²) in [6.07, 6.45) is 0.836. The molecule has 5 heteroatoms. The minimum absolute atomic E-state index is 0.0275. The quantitative estimate of drug-likeness (QED) is 0.653. The van der Waals surface area contributed by atoms with Crippen LogP contribution in [0.5, 0.6) is 0 Å². The monoisotopic (exact) mass is 243 g/mol. The molecule has 100 valence electrons. The Morgan fingerprint density at radius 2 is 1.82 bits per heavy atom. The first-order chi connectivity index (χ1) is 7.67. The maximum atomic E-state index is 11.6. The molecule has 0 aromatic heterocycles. The first kappa shape index (κ1) is 15.9. The summed E-state index contributed by atoms with van der Waals surface area (Å²) in [6, 6.07) is -0.553. The molecule has 0 aromatic rings. The van der Waals surface area contributed by atoms with Crippen LogP contribution in [0.15, 0.2) is 0 Å². The van der Waals surface area contributed by atoms with Gasteiger partial charge in [-0.25, -0.2) is 0 Å². The number of carbonyl (C=O) groups is 2. The number of nitrogens with one attached hydrogen (secondary N) is 2. The van der Waals surface area contributed by atoms with E-state index in [1.54, 1.807) is 0 Å². The summed E-state index contributed by atoms with van der Waals surface area (Å²) in [5.41, 5.74) is 5.45. The van der Waals surface area contributed by atoms with Gasteiger partial charge in [-0.2, -0.15) is 0 Å². The summed E-state index contributed by atoms with van der Waals surface area (Å²) in [5.74, 6) is -0.369. The van der Waals surface area contributed by atoms with Gasteiger partial charge in [0.2, 0.25) is 11.8 Å². The zero-order valence-corrected chi connectivity index (χ0v) is 11.5. The van der Waals surface area contributed by atoms with Crippen molar-refractivity contribution in [2.75, 3.05) is 6.54 Å². The van der Waals surface area contributed by atoms with Crippen LogP contribution < -0.4 is 16.4 Å². The van der Waals surface area contributed by atoms with Crippen LogP contribution in [0, 0.1) is 5.92 Å². The van der Waals surface area contributed by atoms with E-state index in [0.717, 1.165) is 6.42 Å². The first-order valence-electron chi connectivity index (χ1n) is 6.01. The van der Waals surface area contributed by atoms with Crippen LogP contribution in [0.4, 0.5) is 0 Å². The van der Waals surface area contributed by atoms with Gasteiger partial charge in [-0.05, 0) is 26.7 Å². The molecule has 0 radical (unpaired) electrons. The van der Waals surface area contributed by atoms with Crippen LogP contribution in [0.3, 0.4) is 0 Å². The van der Waals surface area contributed by atoms with Crippen LogP contribution >= 0.6 is 0 Å². The predicted octanol–water partition coefficient (Wildman–Crippen LogP) is 0.391. The molecule has 0 heterocycles. The van der Waals surface area contributed by atoms with Crippen molar-refractivity contribution in [1.82, 2.24) is 10.6 Å². The van der Waals surface area contributed by atoms with E-state index in [9.17, 15) is 9.59 Å². The van der Waals surface area contributed by atoms with Crippen molar-refractivity contribution in [1.29, 1.82) is 0 Å². The molecule has 0 saturated heterocycles. The zero-order valence-electron chi connectivity index (χ0n) is 11.5. The van der Waals surface area contributed by atoms with E-state index in [-0.39, 0.29) is 29.8 Å². The van der Waals surface area contributed by atoms with E-state index < -0.39 is 6.04 Å². The first-order valence-corrected chi connectivity index (χ1v) is 6.01. The zero-order chi connectivity index (χ0) is 13.6. The molecule has 0 rings (SSSR count). The van der Waals surface area contributed by atoms with Crippen LogP contribution in [0.1, 0.15) is 41.0 Å². The van der Waals surface area contributed by atoms with Gasteiger partial charge in [0.1, 0.15) is 0 Å². The normalized spacial score (nSPS) is 14.9. The van der Waals surface area contributed by atoms with E-state index in [1.807, 2.05) is 34.6 Å². The number of carbonyl (C=O) groups excluding carboxylic acids is 2. The van der Waals surface area contributed by atoms with Crippen LogP contribution in [0.2, 0.25) is 0 Å². The second-order valence-corrected chi connectivity index (χ2v) is 5.43. The largest absolute Gasteiger partial charge is 0.350 e. The fraction of sp³-hybridized carbons (Fsp3) is 0.833. The molecule has 0 aromatic carbocycles. The fourth-order valence-corrected chi connectivity index (χ4v) is 1.26. The highest BCUT2D eigenvalue weighted by Crippen LogP contribution is 2.04. The summed E-state index contributed by atoms with van der Waals surface area (Å²) >= 11 is 0. The summed E-state index contributed by atoms with van der Waals surface area (Å²) in [4.78, 5) is 23.1. The molecule has 4 N–H and O–H groups in total. The van der Waals surface area contributed by atoms with Gasteiger partial charge < -0.3 is 16.4 Å². The van der Waals surface area contributed by atoms with Gasteiger partial charge in [0.25, 0.3) is 0 Å². The van der Waals surface area contributed by atoms with Crippen LogP contribution in [-0.2, 0) is 9.59 Å². The second-order valence-electron chi connectivity index (χ2n) is 5.43. The Hall–Kier alpha value is -1.10. The highest BCUT2D eigenvalue weighted by Gasteiger charge is 2.20. The van der Waals surface area contributed by atoms with E-state index in [1.165, 1.54) is 0 Å².